The number of hydroxylamine groups is 2. The molecule has 20 heavy (non-hydrogen) atoms. The summed E-state index contributed by atoms with van der Waals surface area (Å²) < 4.78 is 1.19. The van der Waals surface area contributed by atoms with Gasteiger partial charge in [0.25, 0.3) is 0 Å². The first-order chi connectivity index (χ1) is 9.65. The number of amides is 2. The number of fused-ring (bicyclic) bond motifs is 1. The lowest BCUT2D eigenvalue weighted by molar-refractivity contribution is -0.0663. The van der Waals surface area contributed by atoms with E-state index in [-0.39, 0.29) is 6.03 Å². The van der Waals surface area contributed by atoms with E-state index in [1.807, 2.05) is 18.2 Å². The zero-order valence-electron chi connectivity index (χ0n) is 11.1. The highest BCUT2D eigenvalue weighted by Crippen LogP contribution is 2.32. The van der Waals surface area contributed by atoms with Gasteiger partial charge in [0.15, 0.2) is 0 Å². The van der Waals surface area contributed by atoms with Crippen molar-refractivity contribution < 1.29 is 9.63 Å². The highest BCUT2D eigenvalue weighted by molar-refractivity contribution is 7.19. The van der Waals surface area contributed by atoms with Gasteiger partial charge in [-0.25, -0.2) is 9.86 Å². The molecule has 1 saturated heterocycles. The summed E-state index contributed by atoms with van der Waals surface area (Å²) in [5.74, 6) is 0. The van der Waals surface area contributed by atoms with Crippen molar-refractivity contribution in [2.24, 2.45) is 0 Å². The normalized spacial score (nSPS) is 15.0. The number of benzene rings is 1. The van der Waals surface area contributed by atoms with E-state index in [1.54, 1.807) is 11.3 Å². The topological polar surface area (TPSA) is 41.6 Å². The van der Waals surface area contributed by atoms with E-state index in [0.29, 0.717) is 19.7 Å². The molecule has 0 radical (unpaired) electrons. The Morgan fingerprint density at radius 1 is 1.55 bits per heavy atom. The second-order valence-corrected chi connectivity index (χ2v) is 6.31. The Bertz CT molecular complexity index is 650. The summed E-state index contributed by atoms with van der Waals surface area (Å²) in [7, 11) is 0. The van der Waals surface area contributed by atoms with Gasteiger partial charge in [0.1, 0.15) is 0 Å². The van der Waals surface area contributed by atoms with Crippen molar-refractivity contribution in [3.63, 3.8) is 0 Å². The van der Waals surface area contributed by atoms with Crippen LogP contribution in [0.3, 0.4) is 0 Å². The molecule has 0 saturated carbocycles. The number of carbonyl (C=O) groups excluding carboxylic acids is 1. The molecule has 1 aliphatic rings. The molecule has 1 aliphatic heterocycles. The molecule has 3 rings (SSSR count). The molecule has 0 atom stereocenters. The van der Waals surface area contributed by atoms with Crippen molar-refractivity contribution in [3.05, 3.63) is 33.7 Å². The van der Waals surface area contributed by atoms with Crippen LogP contribution < -0.4 is 5.32 Å². The fourth-order valence-corrected chi connectivity index (χ4v) is 3.57. The molecule has 2 aromatic rings. The summed E-state index contributed by atoms with van der Waals surface area (Å²) in [6.45, 7) is 3.85. The SMILES string of the molecule is Cc1c(CNC(=O)N2CCCO2)sc2ccc(Cl)cc12. The molecule has 0 unspecified atom stereocenters. The smallest absolute Gasteiger partial charge is 0.331 e. The molecule has 6 heteroatoms. The van der Waals surface area contributed by atoms with Gasteiger partial charge in [0, 0.05) is 14.6 Å². The maximum absolute atomic E-state index is 11.9. The third-order valence-corrected chi connectivity index (χ3v) is 4.88. The number of urea groups is 1. The second-order valence-electron chi connectivity index (χ2n) is 4.74. The van der Waals surface area contributed by atoms with Crippen LogP contribution in [-0.2, 0) is 11.4 Å². The summed E-state index contributed by atoms with van der Waals surface area (Å²) in [6.07, 6.45) is 0.897. The van der Waals surface area contributed by atoms with E-state index in [0.717, 1.165) is 21.7 Å². The largest absolute Gasteiger partial charge is 0.341 e. The molecular formula is C14H15ClN2O2S. The molecule has 2 heterocycles. The molecule has 1 aromatic heterocycles. The van der Waals surface area contributed by atoms with Gasteiger partial charge in [-0.1, -0.05) is 11.6 Å². The fourth-order valence-electron chi connectivity index (χ4n) is 2.26. The Labute approximate surface area is 126 Å². The van der Waals surface area contributed by atoms with Crippen molar-refractivity contribution in [2.75, 3.05) is 13.2 Å². The van der Waals surface area contributed by atoms with Crippen LogP contribution in [0.2, 0.25) is 5.02 Å². The number of nitrogens with zero attached hydrogens (tertiary/aromatic N) is 1. The average molecular weight is 311 g/mol. The highest BCUT2D eigenvalue weighted by Gasteiger charge is 2.19. The van der Waals surface area contributed by atoms with E-state index in [1.165, 1.54) is 15.3 Å². The molecule has 0 bridgehead atoms. The van der Waals surface area contributed by atoms with Crippen molar-refractivity contribution in [1.82, 2.24) is 10.4 Å². The molecule has 0 spiro atoms. The van der Waals surface area contributed by atoms with E-state index in [4.69, 9.17) is 16.4 Å². The summed E-state index contributed by atoms with van der Waals surface area (Å²) in [4.78, 5) is 18.2. The van der Waals surface area contributed by atoms with Gasteiger partial charge >= 0.3 is 6.03 Å². The predicted octanol–water partition coefficient (Wildman–Crippen LogP) is 3.71. The van der Waals surface area contributed by atoms with Crippen LogP contribution in [0.1, 0.15) is 16.9 Å². The van der Waals surface area contributed by atoms with Gasteiger partial charge in [-0.3, -0.25) is 4.84 Å². The lowest BCUT2D eigenvalue weighted by Gasteiger charge is -2.14. The monoisotopic (exact) mass is 310 g/mol. The van der Waals surface area contributed by atoms with Gasteiger partial charge in [0.05, 0.1) is 19.7 Å². The van der Waals surface area contributed by atoms with Gasteiger partial charge < -0.3 is 5.32 Å². The van der Waals surface area contributed by atoms with Crippen LogP contribution in [0.15, 0.2) is 18.2 Å². The second kappa shape index (κ2) is 5.60. The van der Waals surface area contributed by atoms with Gasteiger partial charge in [-0.2, -0.15) is 0 Å². The lowest BCUT2D eigenvalue weighted by atomic mass is 10.1. The fraction of sp³-hybridized carbons (Fsp3) is 0.357. The Morgan fingerprint density at radius 2 is 2.40 bits per heavy atom. The van der Waals surface area contributed by atoms with Crippen LogP contribution in [-0.4, -0.2) is 24.2 Å². The zero-order chi connectivity index (χ0) is 14.1. The van der Waals surface area contributed by atoms with Crippen LogP contribution in [0.5, 0.6) is 0 Å². The molecule has 1 aromatic carbocycles. The molecule has 4 nitrogen and oxygen atoms in total. The standard InChI is InChI=1S/C14H15ClN2O2S/c1-9-11-7-10(15)3-4-12(11)20-13(9)8-16-14(18)17-5-2-6-19-17/h3-4,7H,2,5-6,8H2,1H3,(H,16,18). The zero-order valence-corrected chi connectivity index (χ0v) is 12.7. The van der Waals surface area contributed by atoms with Crippen molar-refractivity contribution >= 4 is 39.1 Å². The molecule has 1 N–H and O–H groups in total. The van der Waals surface area contributed by atoms with Crippen LogP contribution in [0, 0.1) is 6.92 Å². The maximum atomic E-state index is 11.9. The third kappa shape index (κ3) is 2.61. The Morgan fingerprint density at radius 3 is 3.15 bits per heavy atom. The summed E-state index contributed by atoms with van der Waals surface area (Å²) in [6, 6.07) is 5.71. The highest BCUT2D eigenvalue weighted by atomic mass is 35.5. The van der Waals surface area contributed by atoms with Crippen molar-refractivity contribution in [1.29, 1.82) is 0 Å². The molecule has 106 valence electrons. The quantitative estimate of drug-likeness (QED) is 0.918. The number of nitrogens with one attached hydrogen (secondary N) is 1. The first-order valence-corrected chi connectivity index (χ1v) is 7.70. The molecular weight excluding hydrogens is 296 g/mol. The Kier molecular flexibility index (Phi) is 3.83. The number of carbonyl (C=O) groups is 1. The maximum Gasteiger partial charge on any atom is 0.341 e. The number of halogens is 1. The summed E-state index contributed by atoms with van der Waals surface area (Å²) in [5.41, 5.74) is 1.18. The van der Waals surface area contributed by atoms with Gasteiger partial charge in [-0.05, 0) is 42.5 Å². The number of thiophene rings is 1. The summed E-state index contributed by atoms with van der Waals surface area (Å²) in [5, 5.41) is 6.18. The minimum absolute atomic E-state index is 0.169. The van der Waals surface area contributed by atoms with Crippen LogP contribution in [0.4, 0.5) is 4.79 Å². The van der Waals surface area contributed by atoms with E-state index in [2.05, 4.69) is 12.2 Å². The average Bonchev–Trinajstić information content (AvgIpc) is 3.06. The number of aryl methyl sites for hydroxylation is 1. The van der Waals surface area contributed by atoms with Crippen molar-refractivity contribution in [3.8, 4) is 0 Å². The molecule has 0 aliphatic carbocycles. The Hall–Kier alpha value is -1.30. The number of hydrogen-bond acceptors (Lipinski definition) is 3. The van der Waals surface area contributed by atoms with Gasteiger partial charge in [0.2, 0.25) is 0 Å². The molecule has 2 amide bonds. The number of rotatable bonds is 2. The van der Waals surface area contributed by atoms with E-state index in [9.17, 15) is 4.79 Å². The molecule has 1 fully saturated rings. The first kappa shape index (κ1) is 13.7. The van der Waals surface area contributed by atoms with Crippen LogP contribution in [0.25, 0.3) is 10.1 Å². The lowest BCUT2D eigenvalue weighted by Crippen LogP contribution is -2.36. The minimum Gasteiger partial charge on any atom is -0.331 e. The van der Waals surface area contributed by atoms with Gasteiger partial charge in [-0.15, -0.1) is 11.3 Å². The van der Waals surface area contributed by atoms with E-state index >= 15 is 0 Å². The first-order valence-electron chi connectivity index (χ1n) is 6.51. The van der Waals surface area contributed by atoms with Crippen molar-refractivity contribution in [2.45, 2.75) is 19.9 Å². The predicted molar refractivity (Wildman–Crippen MR) is 81.1 cm³/mol. The third-order valence-electron chi connectivity index (χ3n) is 3.38. The van der Waals surface area contributed by atoms with E-state index < -0.39 is 0 Å². The Balaban J connectivity index is 1.74. The summed E-state index contributed by atoms with van der Waals surface area (Å²) >= 11 is 7.71. The minimum atomic E-state index is -0.169. The van der Waals surface area contributed by atoms with Crippen LogP contribution >= 0.6 is 22.9 Å². The number of hydrogen-bond donors (Lipinski definition) is 1.